The van der Waals surface area contributed by atoms with Crippen LogP contribution in [0.2, 0.25) is 0 Å². The van der Waals surface area contributed by atoms with Crippen molar-refractivity contribution in [1.82, 2.24) is 0 Å². The molecular weight excluding hydrogens is 308 g/mol. The highest BCUT2D eigenvalue weighted by molar-refractivity contribution is 5.88. The molecule has 0 amide bonds. The number of benzene rings is 2. The van der Waals surface area contributed by atoms with E-state index in [1.165, 1.54) is 22.3 Å². The summed E-state index contributed by atoms with van der Waals surface area (Å²) in [5.41, 5.74) is 7.07. The first-order valence-corrected chi connectivity index (χ1v) is 8.77. The molecule has 0 saturated carbocycles. The first kappa shape index (κ1) is 17.5. The molecule has 0 radical (unpaired) electrons. The number of hydrogen-bond acceptors (Lipinski definition) is 1. The Labute approximate surface area is 150 Å². The van der Waals surface area contributed by atoms with Crippen LogP contribution < -0.4 is 0 Å². The predicted molar refractivity (Wildman–Crippen MR) is 104 cm³/mol. The van der Waals surface area contributed by atoms with Gasteiger partial charge in [0.1, 0.15) is 0 Å². The summed E-state index contributed by atoms with van der Waals surface area (Å²) in [6, 6.07) is 13.8. The molecule has 0 fully saturated rings. The van der Waals surface area contributed by atoms with Gasteiger partial charge >= 0.3 is 5.97 Å². The minimum Gasteiger partial charge on any atom is -0.478 e. The van der Waals surface area contributed by atoms with E-state index in [4.69, 9.17) is 5.11 Å². The van der Waals surface area contributed by atoms with Crippen molar-refractivity contribution in [3.05, 3.63) is 70.3 Å². The summed E-state index contributed by atoms with van der Waals surface area (Å²) in [4.78, 5) is 11.0. The fourth-order valence-electron chi connectivity index (χ4n) is 4.29. The monoisotopic (exact) mass is 334 g/mol. The summed E-state index contributed by atoms with van der Waals surface area (Å²) >= 11 is 0. The number of carboxylic acid groups (broad SMARTS) is 1. The van der Waals surface area contributed by atoms with Gasteiger partial charge in [0.25, 0.3) is 0 Å². The smallest absolute Gasteiger partial charge is 0.335 e. The Kier molecular flexibility index (Phi) is 4.10. The largest absolute Gasteiger partial charge is 0.478 e. The molecule has 130 valence electrons. The minimum atomic E-state index is -0.893. The lowest BCUT2D eigenvalue weighted by Crippen LogP contribution is -2.17. The van der Waals surface area contributed by atoms with E-state index in [1.54, 1.807) is 12.1 Å². The Hall–Kier alpha value is -2.35. The summed E-state index contributed by atoms with van der Waals surface area (Å²) in [6.45, 7) is 11.4. The molecule has 0 atom stereocenters. The zero-order valence-electron chi connectivity index (χ0n) is 15.7. The fourth-order valence-corrected chi connectivity index (χ4v) is 4.29. The van der Waals surface area contributed by atoms with E-state index >= 15 is 0 Å². The summed E-state index contributed by atoms with van der Waals surface area (Å²) < 4.78 is 0. The molecule has 2 heteroatoms. The summed E-state index contributed by atoms with van der Waals surface area (Å²) in [5.74, 6) is -0.893. The van der Waals surface area contributed by atoms with Gasteiger partial charge in [0.05, 0.1) is 5.56 Å². The quantitative estimate of drug-likeness (QED) is 0.709. The summed E-state index contributed by atoms with van der Waals surface area (Å²) in [7, 11) is 0. The number of carboxylic acids is 1. The normalized spacial score (nSPS) is 18.0. The molecule has 0 aromatic heterocycles. The summed E-state index contributed by atoms with van der Waals surface area (Å²) in [6.07, 6.45) is 3.28. The van der Waals surface area contributed by atoms with Gasteiger partial charge in [0.2, 0.25) is 0 Å². The van der Waals surface area contributed by atoms with Gasteiger partial charge in [0.15, 0.2) is 0 Å². The van der Waals surface area contributed by atoms with Crippen molar-refractivity contribution in [1.29, 1.82) is 0 Å². The molecule has 3 rings (SSSR count). The van der Waals surface area contributed by atoms with Crippen LogP contribution in [0.15, 0.2) is 42.5 Å². The third kappa shape index (κ3) is 3.26. The lowest BCUT2D eigenvalue weighted by Gasteiger charge is -2.22. The molecule has 0 aliphatic heterocycles. The van der Waals surface area contributed by atoms with Crippen molar-refractivity contribution in [2.45, 2.75) is 51.9 Å². The van der Waals surface area contributed by atoms with Gasteiger partial charge in [-0.3, -0.25) is 0 Å². The Morgan fingerprint density at radius 3 is 2.08 bits per heavy atom. The minimum absolute atomic E-state index is 0.193. The number of hydrogen-bond donors (Lipinski definition) is 1. The summed E-state index contributed by atoms with van der Waals surface area (Å²) in [5, 5.41) is 9.00. The van der Waals surface area contributed by atoms with Gasteiger partial charge in [-0.15, -0.1) is 0 Å². The Morgan fingerprint density at radius 2 is 1.48 bits per heavy atom. The van der Waals surface area contributed by atoms with Crippen molar-refractivity contribution in [3.63, 3.8) is 0 Å². The Morgan fingerprint density at radius 1 is 0.920 bits per heavy atom. The van der Waals surface area contributed by atoms with Crippen LogP contribution in [0.5, 0.6) is 0 Å². The molecule has 0 bridgehead atoms. The molecule has 2 aromatic carbocycles. The maximum Gasteiger partial charge on any atom is 0.335 e. The lowest BCUT2D eigenvalue weighted by molar-refractivity contribution is 0.0697. The van der Waals surface area contributed by atoms with E-state index in [-0.39, 0.29) is 10.8 Å². The van der Waals surface area contributed by atoms with Gasteiger partial charge in [-0.05, 0) is 64.1 Å². The van der Waals surface area contributed by atoms with Crippen molar-refractivity contribution in [3.8, 4) is 0 Å². The van der Waals surface area contributed by atoms with Crippen LogP contribution in [0.3, 0.4) is 0 Å². The van der Waals surface area contributed by atoms with Crippen molar-refractivity contribution >= 4 is 17.6 Å². The maximum absolute atomic E-state index is 11.0. The van der Waals surface area contributed by atoms with Gasteiger partial charge in [-0.25, -0.2) is 4.79 Å². The van der Waals surface area contributed by atoms with Crippen molar-refractivity contribution in [2.24, 2.45) is 0 Å². The highest BCUT2D eigenvalue weighted by Crippen LogP contribution is 2.49. The lowest BCUT2D eigenvalue weighted by atomic mass is 9.82. The standard InChI is InChI=1S/C23H26O2/c1-15(12-16-6-8-17(9-7-16)21(24)25)18-10-11-19-20(13-18)23(4,5)14-22(19,2)3/h6-13H,14H2,1-5H3,(H,24,25)/b15-12-. The van der Waals surface area contributed by atoms with Gasteiger partial charge in [0, 0.05) is 0 Å². The van der Waals surface area contributed by atoms with Crippen LogP contribution in [0, 0.1) is 0 Å². The van der Waals surface area contributed by atoms with Crippen LogP contribution >= 0.6 is 0 Å². The van der Waals surface area contributed by atoms with E-state index < -0.39 is 5.97 Å². The second-order valence-corrected chi connectivity index (χ2v) is 8.46. The molecule has 2 nitrogen and oxygen atoms in total. The molecule has 0 heterocycles. The third-order valence-corrected chi connectivity index (χ3v) is 5.36. The van der Waals surface area contributed by atoms with E-state index in [0.29, 0.717) is 5.56 Å². The number of fused-ring (bicyclic) bond motifs is 1. The Bertz CT molecular complexity index is 852. The molecule has 1 aliphatic rings. The van der Waals surface area contributed by atoms with Crippen molar-refractivity contribution in [2.75, 3.05) is 0 Å². The van der Waals surface area contributed by atoms with E-state index in [2.05, 4.69) is 58.9 Å². The second-order valence-electron chi connectivity index (χ2n) is 8.46. The second kappa shape index (κ2) is 5.87. The van der Waals surface area contributed by atoms with Crippen LogP contribution in [0.25, 0.3) is 11.6 Å². The SMILES string of the molecule is C/C(=C/c1ccc(C(=O)O)cc1)c1ccc2c(c1)C(C)(C)CC2(C)C. The maximum atomic E-state index is 11.0. The predicted octanol–water partition coefficient (Wildman–Crippen LogP) is 5.90. The van der Waals surface area contributed by atoms with E-state index in [1.807, 2.05) is 12.1 Å². The molecule has 0 spiro atoms. The average molecular weight is 334 g/mol. The molecule has 2 aromatic rings. The highest BCUT2D eigenvalue weighted by Gasteiger charge is 2.41. The van der Waals surface area contributed by atoms with E-state index in [0.717, 1.165) is 12.0 Å². The van der Waals surface area contributed by atoms with E-state index in [9.17, 15) is 4.79 Å². The Balaban J connectivity index is 1.96. The van der Waals surface area contributed by atoms with Crippen LogP contribution in [0.4, 0.5) is 0 Å². The number of aromatic carboxylic acids is 1. The van der Waals surface area contributed by atoms with Crippen molar-refractivity contribution < 1.29 is 9.90 Å². The van der Waals surface area contributed by atoms with Crippen LogP contribution in [0.1, 0.15) is 73.7 Å². The third-order valence-electron chi connectivity index (χ3n) is 5.36. The fraction of sp³-hybridized carbons (Fsp3) is 0.348. The molecule has 0 saturated heterocycles. The van der Waals surface area contributed by atoms with Crippen LogP contribution in [-0.2, 0) is 10.8 Å². The van der Waals surface area contributed by atoms with Gasteiger partial charge in [-0.2, -0.15) is 0 Å². The first-order chi connectivity index (χ1) is 11.6. The highest BCUT2D eigenvalue weighted by atomic mass is 16.4. The number of rotatable bonds is 3. The zero-order valence-corrected chi connectivity index (χ0v) is 15.7. The molecular formula is C23H26O2. The van der Waals surface area contributed by atoms with Crippen LogP contribution in [-0.4, -0.2) is 11.1 Å². The zero-order chi connectivity index (χ0) is 18.4. The number of allylic oxidation sites excluding steroid dienone is 1. The number of carbonyl (C=O) groups is 1. The average Bonchev–Trinajstić information content (AvgIpc) is 2.72. The van der Waals surface area contributed by atoms with Gasteiger partial charge in [-0.1, -0.05) is 64.1 Å². The molecule has 1 N–H and O–H groups in total. The first-order valence-electron chi connectivity index (χ1n) is 8.77. The van der Waals surface area contributed by atoms with Gasteiger partial charge < -0.3 is 5.11 Å². The topological polar surface area (TPSA) is 37.3 Å². The molecule has 25 heavy (non-hydrogen) atoms. The molecule has 0 unspecified atom stereocenters. The molecule has 1 aliphatic carbocycles.